The van der Waals surface area contributed by atoms with Crippen LogP contribution in [0.5, 0.6) is 0 Å². The molecule has 0 saturated heterocycles. The van der Waals surface area contributed by atoms with E-state index in [0.29, 0.717) is 13.2 Å². The van der Waals surface area contributed by atoms with Gasteiger partial charge in [0.15, 0.2) is 0 Å². The van der Waals surface area contributed by atoms with Gasteiger partial charge in [0, 0.05) is 50.1 Å². The molecular weight excluding hydrogens is 531 g/mol. The summed E-state index contributed by atoms with van der Waals surface area (Å²) in [5, 5.41) is 16.6. The van der Waals surface area contributed by atoms with Crippen LogP contribution in [0, 0.1) is 0 Å². The summed E-state index contributed by atoms with van der Waals surface area (Å²) < 4.78 is 17.7. The van der Waals surface area contributed by atoms with Gasteiger partial charge < -0.3 is 21.6 Å². The van der Waals surface area contributed by atoms with Crippen LogP contribution in [0.15, 0.2) is 0 Å². The number of hydrogen-bond donors (Lipinski definition) is 2. The first-order valence-corrected chi connectivity index (χ1v) is 17.2. The van der Waals surface area contributed by atoms with E-state index in [2.05, 4.69) is 34.6 Å². The van der Waals surface area contributed by atoms with Crippen LogP contribution in [0.3, 0.4) is 0 Å². The van der Waals surface area contributed by atoms with E-state index in [0.717, 1.165) is 51.9 Å². The van der Waals surface area contributed by atoms with E-state index < -0.39 is 15.1 Å². The molecule has 231 valence electrons. The molecule has 0 aromatic carbocycles. The molecule has 0 spiro atoms. The second kappa shape index (κ2) is 46.7. The zero-order valence-electron chi connectivity index (χ0n) is 25.7. The first kappa shape index (κ1) is 44.9. The zero-order chi connectivity index (χ0) is 27.4. The monoisotopic (exact) mass is 597 g/mol. The molecule has 0 aliphatic carbocycles. The molecule has 0 fully saturated rings. The molecule has 0 aliphatic rings. The minimum Gasteiger partial charge on any atom is -0.454 e. The van der Waals surface area contributed by atoms with Gasteiger partial charge in [0.1, 0.15) is 0 Å². The van der Waals surface area contributed by atoms with Crippen molar-refractivity contribution in [3.05, 3.63) is 0 Å². The number of rotatable bonds is 26. The summed E-state index contributed by atoms with van der Waals surface area (Å²) in [6.45, 7) is 14.2. The molecule has 0 unspecified atom stereocenters. The van der Waals surface area contributed by atoms with Crippen LogP contribution in [0.4, 0.5) is 0 Å². The average Bonchev–Trinajstić information content (AvgIpc) is 2.89. The van der Waals surface area contributed by atoms with E-state index in [1.165, 1.54) is 96.3 Å². The van der Waals surface area contributed by atoms with Gasteiger partial charge in [-0.15, -0.1) is 0 Å². The van der Waals surface area contributed by atoms with Gasteiger partial charge in [0.05, 0.1) is 0 Å². The van der Waals surface area contributed by atoms with Crippen LogP contribution in [0.2, 0.25) is 0 Å². The average molecular weight is 598 g/mol. The summed E-state index contributed by atoms with van der Waals surface area (Å²) in [6, 6.07) is 0. The number of aliphatic hydroxyl groups is 2. The Balaban J connectivity index is -0.000000297. The Kier molecular flexibility index (Phi) is 56.6. The number of hydrogen-bond acceptors (Lipinski definition) is 5. The quantitative estimate of drug-likeness (QED) is 0.0769. The molecule has 0 atom stereocenters. The first-order chi connectivity index (χ1) is 17.7. The Morgan fingerprint density at radius 3 is 0.838 bits per heavy atom. The molecule has 0 saturated carbocycles. The smallest absolute Gasteiger partial charge is 0.454 e. The Labute approximate surface area is 249 Å². The normalized spacial score (nSPS) is 10.1. The van der Waals surface area contributed by atoms with Crippen molar-refractivity contribution < 1.29 is 38.6 Å². The summed E-state index contributed by atoms with van der Waals surface area (Å²) in [4.78, 5) is 0. The maximum absolute atomic E-state index is 8.29. The van der Waals surface area contributed by atoms with Crippen LogP contribution >= 0.6 is 0 Å². The largest absolute Gasteiger partial charge is 0.905 e. The Morgan fingerprint density at radius 1 is 0.378 bits per heavy atom. The van der Waals surface area contributed by atoms with E-state index in [1.807, 2.05) is 0 Å². The second-order valence-corrected chi connectivity index (χ2v) is 11.2. The van der Waals surface area contributed by atoms with E-state index in [1.54, 1.807) is 0 Å². The molecule has 0 aromatic heterocycles. The van der Waals surface area contributed by atoms with Crippen molar-refractivity contribution >= 4 is 15.1 Å². The maximum Gasteiger partial charge on any atom is 0.905 e. The zero-order valence-corrected chi connectivity index (χ0v) is 27.8. The standard InChI is InChI=1S/2C6H14O.3C6H13O.Al.Cu/c5*1-2-3-4-5-6-7;;/h2*7H,2-6H2,1H3;3*2-6H2,1H3;;/q;;3*-1;+3;. The van der Waals surface area contributed by atoms with Crippen molar-refractivity contribution in [3.8, 4) is 0 Å². The van der Waals surface area contributed by atoms with Crippen molar-refractivity contribution in [2.75, 3.05) is 33.0 Å². The van der Waals surface area contributed by atoms with Gasteiger partial charge >= 0.3 is 15.1 Å². The molecular formula is C30H67AlCuO5. The van der Waals surface area contributed by atoms with Crippen molar-refractivity contribution in [1.82, 2.24) is 0 Å². The van der Waals surface area contributed by atoms with Gasteiger partial charge in [0.25, 0.3) is 0 Å². The summed E-state index contributed by atoms with van der Waals surface area (Å²) in [5.41, 5.74) is 0. The fourth-order valence-electron chi connectivity index (χ4n) is 3.35. The van der Waals surface area contributed by atoms with Crippen LogP contribution < -0.4 is 0 Å². The summed E-state index contributed by atoms with van der Waals surface area (Å²) >= 11 is -1.89. The predicted molar refractivity (Wildman–Crippen MR) is 158 cm³/mol. The molecule has 1 radical (unpaired) electrons. The van der Waals surface area contributed by atoms with Crippen molar-refractivity contribution in [1.29, 1.82) is 0 Å². The van der Waals surface area contributed by atoms with Crippen molar-refractivity contribution in [2.45, 2.75) is 163 Å². The van der Waals surface area contributed by atoms with Crippen LogP contribution in [-0.2, 0) is 28.4 Å². The van der Waals surface area contributed by atoms with Gasteiger partial charge in [0.2, 0.25) is 0 Å². The molecule has 5 nitrogen and oxygen atoms in total. The third-order valence-electron chi connectivity index (χ3n) is 5.78. The molecule has 0 rings (SSSR count). The SMILES string of the molecule is CCCCCCO.CCCCCCO.CCCCCC[O][Al]([O]CCCCCC)[O]CCCCCC.[Cu]. The van der Waals surface area contributed by atoms with Gasteiger partial charge in [-0.25, -0.2) is 0 Å². The summed E-state index contributed by atoms with van der Waals surface area (Å²) in [7, 11) is 0. The van der Waals surface area contributed by atoms with Gasteiger partial charge in [-0.1, -0.05) is 131 Å². The third-order valence-corrected chi connectivity index (χ3v) is 7.30. The summed E-state index contributed by atoms with van der Waals surface area (Å²) in [6.07, 6.45) is 24.2. The molecule has 37 heavy (non-hydrogen) atoms. The Morgan fingerprint density at radius 2 is 0.622 bits per heavy atom. The fraction of sp³-hybridized carbons (Fsp3) is 1.00. The molecule has 7 heteroatoms. The third kappa shape index (κ3) is 50.2. The van der Waals surface area contributed by atoms with Crippen LogP contribution in [-0.4, -0.2) is 58.4 Å². The topological polar surface area (TPSA) is 68.2 Å². The molecule has 2 N–H and O–H groups in total. The molecule has 0 heterocycles. The molecule has 0 aromatic rings. The summed E-state index contributed by atoms with van der Waals surface area (Å²) in [5.74, 6) is 0. The van der Waals surface area contributed by atoms with Gasteiger partial charge in [-0.05, 0) is 32.1 Å². The minimum absolute atomic E-state index is 0. The van der Waals surface area contributed by atoms with E-state index in [-0.39, 0.29) is 17.1 Å². The van der Waals surface area contributed by atoms with Gasteiger partial charge in [-0.2, -0.15) is 0 Å². The minimum atomic E-state index is -1.89. The van der Waals surface area contributed by atoms with E-state index in [4.69, 9.17) is 21.6 Å². The fourth-order valence-corrected chi connectivity index (χ4v) is 4.71. The first-order valence-electron chi connectivity index (χ1n) is 15.7. The molecule has 0 aliphatic heterocycles. The number of unbranched alkanes of at least 4 members (excludes halogenated alkanes) is 15. The van der Waals surface area contributed by atoms with Crippen molar-refractivity contribution in [2.24, 2.45) is 0 Å². The predicted octanol–water partition coefficient (Wildman–Crippen LogP) is 8.88. The second-order valence-electron chi connectivity index (χ2n) is 9.65. The van der Waals surface area contributed by atoms with Crippen LogP contribution in [0.25, 0.3) is 0 Å². The molecule has 0 bridgehead atoms. The Hall–Kier alpha value is 0.852. The maximum atomic E-state index is 8.29. The molecule has 0 amide bonds. The van der Waals surface area contributed by atoms with Crippen LogP contribution in [0.1, 0.15) is 163 Å². The van der Waals surface area contributed by atoms with E-state index in [9.17, 15) is 0 Å². The Bertz CT molecular complexity index is 290. The number of aliphatic hydroxyl groups excluding tert-OH is 2. The van der Waals surface area contributed by atoms with E-state index >= 15 is 0 Å². The van der Waals surface area contributed by atoms with Gasteiger partial charge in [-0.3, -0.25) is 0 Å². The van der Waals surface area contributed by atoms with Crippen molar-refractivity contribution in [3.63, 3.8) is 0 Å².